The Hall–Kier alpha value is -1.13. The minimum absolute atomic E-state index is 0.0328. The maximum atomic E-state index is 11.9. The van der Waals surface area contributed by atoms with E-state index in [1.54, 1.807) is 18.3 Å². The summed E-state index contributed by atoms with van der Waals surface area (Å²) in [6.07, 6.45) is 4.70. The van der Waals surface area contributed by atoms with Crippen LogP contribution >= 0.6 is 11.6 Å². The first kappa shape index (κ1) is 11.4. The molecule has 0 aromatic carbocycles. The standard InChI is InChI=1S/C11H14ClN3O/c12-10-8(5-3-7-14-10)15-11(16)9-4-1-2-6-13-9/h3,5,7,9,13H,1-2,4,6H2,(H,15,16)/t9-/m1/s1. The van der Waals surface area contributed by atoms with Crippen molar-refractivity contribution in [2.75, 3.05) is 11.9 Å². The van der Waals surface area contributed by atoms with Crippen LogP contribution in [0.15, 0.2) is 18.3 Å². The smallest absolute Gasteiger partial charge is 0.241 e. The molecule has 2 N–H and O–H groups in total. The SMILES string of the molecule is O=C(Nc1cccnc1Cl)[C@H]1CCCCN1. The zero-order valence-electron chi connectivity index (χ0n) is 8.87. The molecule has 1 aliphatic rings. The van der Waals surface area contributed by atoms with Crippen LogP contribution in [0.5, 0.6) is 0 Å². The number of rotatable bonds is 2. The van der Waals surface area contributed by atoms with Crippen LogP contribution in [0, 0.1) is 0 Å². The van der Waals surface area contributed by atoms with Crippen molar-refractivity contribution in [3.63, 3.8) is 0 Å². The lowest BCUT2D eigenvalue weighted by atomic mass is 10.0. The molecular formula is C11H14ClN3O. The topological polar surface area (TPSA) is 54.0 Å². The summed E-state index contributed by atoms with van der Waals surface area (Å²) in [5.41, 5.74) is 0.571. The summed E-state index contributed by atoms with van der Waals surface area (Å²) < 4.78 is 0. The number of aromatic nitrogens is 1. The molecule has 4 nitrogen and oxygen atoms in total. The van der Waals surface area contributed by atoms with Crippen LogP contribution in [0.1, 0.15) is 19.3 Å². The fourth-order valence-corrected chi connectivity index (χ4v) is 1.94. The fraction of sp³-hybridized carbons (Fsp3) is 0.455. The normalized spacial score (nSPS) is 20.4. The van der Waals surface area contributed by atoms with E-state index in [4.69, 9.17) is 11.6 Å². The zero-order chi connectivity index (χ0) is 11.4. The summed E-state index contributed by atoms with van der Waals surface area (Å²) >= 11 is 5.86. The van der Waals surface area contributed by atoms with Crippen molar-refractivity contribution in [2.24, 2.45) is 0 Å². The number of amides is 1. The van der Waals surface area contributed by atoms with Crippen LogP contribution in [-0.4, -0.2) is 23.5 Å². The van der Waals surface area contributed by atoms with Crippen molar-refractivity contribution >= 4 is 23.2 Å². The van der Waals surface area contributed by atoms with E-state index in [-0.39, 0.29) is 11.9 Å². The second-order valence-corrected chi connectivity index (χ2v) is 4.19. The monoisotopic (exact) mass is 239 g/mol. The van der Waals surface area contributed by atoms with E-state index in [0.717, 1.165) is 25.8 Å². The molecule has 2 rings (SSSR count). The van der Waals surface area contributed by atoms with Gasteiger partial charge in [-0.15, -0.1) is 0 Å². The van der Waals surface area contributed by atoms with Crippen LogP contribution in [-0.2, 0) is 4.79 Å². The average Bonchev–Trinajstić information content (AvgIpc) is 2.33. The molecule has 0 radical (unpaired) electrons. The van der Waals surface area contributed by atoms with Gasteiger partial charge in [-0.2, -0.15) is 0 Å². The Balaban J connectivity index is 1.99. The third kappa shape index (κ3) is 2.71. The Labute approximate surface area is 99.4 Å². The molecule has 0 saturated carbocycles. The van der Waals surface area contributed by atoms with E-state index in [9.17, 15) is 4.79 Å². The van der Waals surface area contributed by atoms with Gasteiger partial charge in [-0.3, -0.25) is 4.79 Å². The minimum Gasteiger partial charge on any atom is -0.322 e. The Bertz CT molecular complexity index is 377. The first-order valence-corrected chi connectivity index (χ1v) is 5.80. The molecule has 1 fully saturated rings. The highest BCUT2D eigenvalue weighted by molar-refractivity contribution is 6.32. The van der Waals surface area contributed by atoms with Gasteiger partial charge in [0.25, 0.3) is 0 Å². The Morgan fingerprint density at radius 3 is 3.12 bits per heavy atom. The van der Waals surface area contributed by atoms with Crippen molar-refractivity contribution in [3.8, 4) is 0 Å². The predicted molar refractivity (Wildman–Crippen MR) is 63.5 cm³/mol. The number of hydrogen-bond acceptors (Lipinski definition) is 3. The van der Waals surface area contributed by atoms with Gasteiger partial charge in [-0.1, -0.05) is 18.0 Å². The molecule has 86 valence electrons. The molecule has 1 aromatic heterocycles. The van der Waals surface area contributed by atoms with Crippen LogP contribution < -0.4 is 10.6 Å². The third-order valence-corrected chi connectivity index (χ3v) is 2.94. The summed E-state index contributed by atoms with van der Waals surface area (Å²) in [4.78, 5) is 15.8. The molecular weight excluding hydrogens is 226 g/mol. The number of anilines is 1. The summed E-state index contributed by atoms with van der Waals surface area (Å²) in [6, 6.07) is 3.39. The molecule has 0 spiro atoms. The van der Waals surface area contributed by atoms with Crippen molar-refractivity contribution < 1.29 is 4.79 Å². The fourth-order valence-electron chi connectivity index (χ4n) is 1.77. The number of nitrogens with one attached hydrogen (secondary N) is 2. The second-order valence-electron chi connectivity index (χ2n) is 3.83. The summed E-state index contributed by atoms with van der Waals surface area (Å²) in [5.74, 6) is -0.0328. The van der Waals surface area contributed by atoms with Crippen LogP contribution in [0.4, 0.5) is 5.69 Å². The summed E-state index contributed by atoms with van der Waals surface area (Å²) in [7, 11) is 0. The Morgan fingerprint density at radius 1 is 1.56 bits per heavy atom. The maximum Gasteiger partial charge on any atom is 0.241 e. The lowest BCUT2D eigenvalue weighted by molar-refractivity contribution is -0.118. The predicted octanol–water partition coefficient (Wildman–Crippen LogP) is 1.82. The Morgan fingerprint density at radius 2 is 2.44 bits per heavy atom. The van der Waals surface area contributed by atoms with Crippen molar-refractivity contribution in [1.82, 2.24) is 10.3 Å². The van der Waals surface area contributed by atoms with E-state index in [1.165, 1.54) is 0 Å². The van der Waals surface area contributed by atoms with E-state index in [1.807, 2.05) is 0 Å². The molecule has 1 saturated heterocycles. The van der Waals surface area contributed by atoms with Crippen LogP contribution in [0.2, 0.25) is 5.15 Å². The van der Waals surface area contributed by atoms with Gasteiger partial charge in [0.1, 0.15) is 0 Å². The molecule has 0 aliphatic carbocycles. The molecule has 0 unspecified atom stereocenters. The Kier molecular flexibility index (Phi) is 3.74. The number of halogens is 1. The summed E-state index contributed by atoms with van der Waals surface area (Å²) in [5, 5.41) is 6.29. The maximum absolute atomic E-state index is 11.9. The number of carbonyl (C=O) groups is 1. The van der Waals surface area contributed by atoms with Crippen molar-refractivity contribution in [1.29, 1.82) is 0 Å². The molecule has 1 atom stereocenters. The molecule has 2 heterocycles. The van der Waals surface area contributed by atoms with Gasteiger partial charge in [0.15, 0.2) is 5.15 Å². The first-order chi connectivity index (χ1) is 7.77. The van der Waals surface area contributed by atoms with Gasteiger partial charge in [0.2, 0.25) is 5.91 Å². The number of carbonyl (C=O) groups excluding carboxylic acids is 1. The molecule has 1 aliphatic heterocycles. The quantitative estimate of drug-likeness (QED) is 0.774. The number of hydrogen-bond donors (Lipinski definition) is 2. The molecule has 16 heavy (non-hydrogen) atoms. The second kappa shape index (κ2) is 5.27. The zero-order valence-corrected chi connectivity index (χ0v) is 9.63. The van der Waals surface area contributed by atoms with Crippen molar-refractivity contribution in [2.45, 2.75) is 25.3 Å². The average molecular weight is 240 g/mol. The highest BCUT2D eigenvalue weighted by Gasteiger charge is 2.20. The van der Waals surface area contributed by atoms with E-state index < -0.39 is 0 Å². The third-order valence-electron chi connectivity index (χ3n) is 2.64. The number of pyridine rings is 1. The van der Waals surface area contributed by atoms with E-state index in [0.29, 0.717) is 10.8 Å². The molecule has 0 bridgehead atoms. The lowest BCUT2D eigenvalue weighted by Gasteiger charge is -2.22. The van der Waals surface area contributed by atoms with Crippen molar-refractivity contribution in [3.05, 3.63) is 23.5 Å². The van der Waals surface area contributed by atoms with Crippen LogP contribution in [0.25, 0.3) is 0 Å². The minimum atomic E-state index is -0.106. The van der Waals surface area contributed by atoms with E-state index in [2.05, 4.69) is 15.6 Å². The highest BCUT2D eigenvalue weighted by Crippen LogP contribution is 2.18. The van der Waals surface area contributed by atoms with Gasteiger partial charge >= 0.3 is 0 Å². The van der Waals surface area contributed by atoms with Gasteiger partial charge in [0.05, 0.1) is 11.7 Å². The van der Waals surface area contributed by atoms with Gasteiger partial charge in [-0.05, 0) is 31.5 Å². The van der Waals surface area contributed by atoms with Gasteiger partial charge < -0.3 is 10.6 Å². The van der Waals surface area contributed by atoms with E-state index >= 15 is 0 Å². The van der Waals surface area contributed by atoms with Gasteiger partial charge in [-0.25, -0.2) is 4.98 Å². The van der Waals surface area contributed by atoms with Crippen LogP contribution in [0.3, 0.4) is 0 Å². The molecule has 5 heteroatoms. The number of piperidine rings is 1. The highest BCUT2D eigenvalue weighted by atomic mass is 35.5. The first-order valence-electron chi connectivity index (χ1n) is 5.42. The largest absolute Gasteiger partial charge is 0.322 e. The summed E-state index contributed by atoms with van der Waals surface area (Å²) in [6.45, 7) is 0.902. The molecule has 1 aromatic rings. The molecule has 1 amide bonds. The lowest BCUT2D eigenvalue weighted by Crippen LogP contribution is -2.43. The van der Waals surface area contributed by atoms with Gasteiger partial charge in [0, 0.05) is 6.20 Å². The number of nitrogens with zero attached hydrogens (tertiary/aromatic N) is 1.